The van der Waals surface area contributed by atoms with Gasteiger partial charge in [-0.25, -0.2) is 0 Å². The van der Waals surface area contributed by atoms with Crippen LogP contribution >= 0.6 is 0 Å². The van der Waals surface area contributed by atoms with Crippen molar-refractivity contribution in [3.05, 3.63) is 29.8 Å². The third-order valence-corrected chi connectivity index (χ3v) is 3.35. The van der Waals surface area contributed by atoms with E-state index >= 15 is 0 Å². The van der Waals surface area contributed by atoms with Crippen LogP contribution in [0.5, 0.6) is 0 Å². The Bertz CT molecular complexity index is 373. The number of nitrogens with zero attached hydrogens (tertiary/aromatic N) is 1. The highest BCUT2D eigenvalue weighted by Gasteiger charge is 2.13. The third-order valence-electron chi connectivity index (χ3n) is 3.35. The number of nitriles is 1. The lowest BCUT2D eigenvalue weighted by Crippen LogP contribution is -2.06. The summed E-state index contributed by atoms with van der Waals surface area (Å²) in [6, 6.07) is 9.86. The quantitative estimate of drug-likeness (QED) is 0.832. The molecular weight excluding hydrogens is 196 g/mol. The fourth-order valence-electron chi connectivity index (χ4n) is 2.42. The number of rotatable bonds is 4. The van der Waals surface area contributed by atoms with Crippen LogP contribution in [0.25, 0.3) is 0 Å². The highest BCUT2D eigenvalue weighted by Crippen LogP contribution is 2.27. The molecule has 0 heterocycles. The van der Waals surface area contributed by atoms with E-state index in [1.165, 1.54) is 32.1 Å². The van der Waals surface area contributed by atoms with Crippen LogP contribution < -0.4 is 5.32 Å². The molecule has 1 fully saturated rings. The molecule has 1 aromatic rings. The molecule has 0 bridgehead atoms. The van der Waals surface area contributed by atoms with E-state index in [9.17, 15) is 0 Å². The summed E-state index contributed by atoms with van der Waals surface area (Å²) in [5.41, 5.74) is 1.79. The molecule has 1 N–H and O–H groups in total. The predicted molar refractivity (Wildman–Crippen MR) is 66.2 cm³/mol. The Kier molecular flexibility index (Phi) is 3.82. The zero-order chi connectivity index (χ0) is 11.2. The molecule has 2 rings (SSSR count). The Morgan fingerprint density at radius 2 is 2.12 bits per heavy atom. The van der Waals surface area contributed by atoms with Crippen molar-refractivity contribution < 1.29 is 0 Å². The second kappa shape index (κ2) is 5.55. The molecule has 0 aliphatic heterocycles. The van der Waals surface area contributed by atoms with Gasteiger partial charge in [0.15, 0.2) is 0 Å². The molecule has 1 aliphatic rings. The van der Waals surface area contributed by atoms with Crippen LogP contribution in [0, 0.1) is 17.2 Å². The molecule has 0 amide bonds. The number of benzene rings is 1. The van der Waals surface area contributed by atoms with Crippen molar-refractivity contribution in [2.24, 2.45) is 5.92 Å². The van der Waals surface area contributed by atoms with Gasteiger partial charge in [0, 0.05) is 12.2 Å². The number of hydrogen-bond donors (Lipinski definition) is 1. The van der Waals surface area contributed by atoms with Gasteiger partial charge in [0.05, 0.1) is 11.6 Å². The molecule has 1 saturated carbocycles. The lowest BCUT2D eigenvalue weighted by Gasteiger charge is -2.10. The Morgan fingerprint density at radius 3 is 2.88 bits per heavy atom. The summed E-state index contributed by atoms with van der Waals surface area (Å²) >= 11 is 0. The Hall–Kier alpha value is -1.49. The molecule has 0 saturated heterocycles. The van der Waals surface area contributed by atoms with Crippen LogP contribution in [0.15, 0.2) is 24.3 Å². The molecule has 1 aliphatic carbocycles. The summed E-state index contributed by atoms with van der Waals surface area (Å²) in [7, 11) is 0. The zero-order valence-electron chi connectivity index (χ0n) is 9.58. The monoisotopic (exact) mass is 214 g/mol. The summed E-state index contributed by atoms with van der Waals surface area (Å²) in [4.78, 5) is 0. The zero-order valence-corrected chi connectivity index (χ0v) is 9.58. The first-order chi connectivity index (χ1) is 7.88. The Morgan fingerprint density at radius 1 is 1.31 bits per heavy atom. The minimum absolute atomic E-state index is 0.728. The molecular formula is C14H18N2. The summed E-state index contributed by atoms with van der Waals surface area (Å²) in [5.74, 6) is 0.923. The van der Waals surface area contributed by atoms with E-state index < -0.39 is 0 Å². The van der Waals surface area contributed by atoms with Crippen molar-refractivity contribution in [1.82, 2.24) is 0 Å². The van der Waals surface area contributed by atoms with Crippen molar-refractivity contribution in [2.45, 2.75) is 32.1 Å². The van der Waals surface area contributed by atoms with Crippen molar-refractivity contribution in [3.8, 4) is 6.07 Å². The standard InChI is InChI=1S/C14H18N2/c15-11-13-6-3-7-14(10-13)16-9-8-12-4-1-2-5-12/h3,6-7,10,12,16H,1-2,4-5,8-9H2. The summed E-state index contributed by atoms with van der Waals surface area (Å²) < 4.78 is 0. The third kappa shape index (κ3) is 3.00. The second-order valence-electron chi connectivity index (χ2n) is 4.56. The molecule has 1 aromatic carbocycles. The largest absolute Gasteiger partial charge is 0.385 e. The van der Waals surface area contributed by atoms with Crippen molar-refractivity contribution >= 4 is 5.69 Å². The van der Waals surface area contributed by atoms with Gasteiger partial charge in [0.1, 0.15) is 0 Å². The molecule has 2 nitrogen and oxygen atoms in total. The van der Waals surface area contributed by atoms with Gasteiger partial charge in [-0.15, -0.1) is 0 Å². The summed E-state index contributed by atoms with van der Waals surface area (Å²) in [5, 5.41) is 12.2. The van der Waals surface area contributed by atoms with Crippen molar-refractivity contribution in [3.63, 3.8) is 0 Å². The van der Waals surface area contributed by atoms with Gasteiger partial charge in [-0.2, -0.15) is 5.26 Å². The van der Waals surface area contributed by atoms with Crippen molar-refractivity contribution in [2.75, 3.05) is 11.9 Å². The van der Waals surface area contributed by atoms with E-state index in [0.29, 0.717) is 0 Å². The number of anilines is 1. The number of nitrogens with one attached hydrogen (secondary N) is 1. The highest BCUT2D eigenvalue weighted by molar-refractivity contribution is 5.48. The van der Waals surface area contributed by atoms with Gasteiger partial charge < -0.3 is 5.32 Å². The number of hydrogen-bond acceptors (Lipinski definition) is 2. The van der Waals surface area contributed by atoms with Gasteiger partial charge >= 0.3 is 0 Å². The van der Waals surface area contributed by atoms with E-state index in [1.54, 1.807) is 0 Å². The molecule has 0 radical (unpaired) electrons. The topological polar surface area (TPSA) is 35.8 Å². The lowest BCUT2D eigenvalue weighted by atomic mass is 10.0. The molecule has 0 aromatic heterocycles. The average Bonchev–Trinajstić information content (AvgIpc) is 2.82. The van der Waals surface area contributed by atoms with E-state index in [4.69, 9.17) is 5.26 Å². The lowest BCUT2D eigenvalue weighted by molar-refractivity contribution is 0.518. The van der Waals surface area contributed by atoms with Gasteiger partial charge in [-0.1, -0.05) is 31.7 Å². The second-order valence-corrected chi connectivity index (χ2v) is 4.56. The van der Waals surface area contributed by atoms with Gasteiger partial charge in [0.2, 0.25) is 0 Å². The Labute approximate surface area is 97.3 Å². The first kappa shape index (κ1) is 11.0. The minimum atomic E-state index is 0.728. The fraction of sp³-hybridized carbons (Fsp3) is 0.500. The van der Waals surface area contributed by atoms with Crippen LogP contribution in [-0.4, -0.2) is 6.54 Å². The average molecular weight is 214 g/mol. The molecule has 84 valence electrons. The van der Waals surface area contributed by atoms with Gasteiger partial charge in [-0.3, -0.25) is 0 Å². The summed E-state index contributed by atoms with van der Waals surface area (Å²) in [6.45, 7) is 1.03. The van der Waals surface area contributed by atoms with Crippen LogP contribution in [0.1, 0.15) is 37.7 Å². The molecule has 2 heteroatoms. The highest BCUT2D eigenvalue weighted by atomic mass is 14.9. The Balaban J connectivity index is 1.78. The van der Waals surface area contributed by atoms with E-state index in [2.05, 4.69) is 11.4 Å². The molecule has 0 unspecified atom stereocenters. The summed E-state index contributed by atoms with van der Waals surface area (Å²) in [6.07, 6.45) is 6.89. The van der Waals surface area contributed by atoms with Crippen LogP contribution in [-0.2, 0) is 0 Å². The van der Waals surface area contributed by atoms with Gasteiger partial charge in [0.25, 0.3) is 0 Å². The van der Waals surface area contributed by atoms with Crippen LogP contribution in [0.2, 0.25) is 0 Å². The van der Waals surface area contributed by atoms with E-state index in [0.717, 1.165) is 23.7 Å². The minimum Gasteiger partial charge on any atom is -0.385 e. The van der Waals surface area contributed by atoms with Crippen LogP contribution in [0.3, 0.4) is 0 Å². The maximum absolute atomic E-state index is 8.78. The maximum Gasteiger partial charge on any atom is 0.0992 e. The first-order valence-corrected chi connectivity index (χ1v) is 6.12. The van der Waals surface area contributed by atoms with Gasteiger partial charge in [-0.05, 0) is 30.5 Å². The van der Waals surface area contributed by atoms with Crippen molar-refractivity contribution in [1.29, 1.82) is 5.26 Å². The molecule has 16 heavy (non-hydrogen) atoms. The fourth-order valence-corrected chi connectivity index (χ4v) is 2.42. The smallest absolute Gasteiger partial charge is 0.0992 e. The predicted octanol–water partition coefficient (Wildman–Crippen LogP) is 3.55. The van der Waals surface area contributed by atoms with Crippen LogP contribution in [0.4, 0.5) is 5.69 Å². The van der Waals surface area contributed by atoms with E-state index in [-0.39, 0.29) is 0 Å². The molecule has 0 spiro atoms. The SMILES string of the molecule is N#Cc1cccc(NCCC2CCCC2)c1. The van der Waals surface area contributed by atoms with E-state index in [1.807, 2.05) is 24.3 Å². The first-order valence-electron chi connectivity index (χ1n) is 6.12. The maximum atomic E-state index is 8.78. The molecule has 0 atom stereocenters. The normalized spacial score (nSPS) is 15.9.